The molecule has 107 heavy (non-hydrogen) atoms. The van der Waals surface area contributed by atoms with Crippen LogP contribution in [0.15, 0.2) is 106 Å². The zero-order valence-electron chi connectivity index (χ0n) is 63.0. The average molecular weight is 1500 g/mol. The molecule has 1 aliphatic heterocycles. The number of carbonyl (C=O) groups is 3. The smallest absolute Gasteiger partial charge is 0.328 e. The molecule has 8 aromatic rings. The molecule has 0 atom stereocenters. The van der Waals surface area contributed by atoms with Gasteiger partial charge in [-0.3, -0.25) is 47.5 Å². The predicted molar refractivity (Wildman–Crippen MR) is 407 cm³/mol. The van der Waals surface area contributed by atoms with Crippen LogP contribution < -0.4 is 60.5 Å². The lowest BCUT2D eigenvalue weighted by atomic mass is 10.0. The molecule has 30 nitrogen and oxygen atoms in total. The molecule has 3 amide bonds. The van der Waals surface area contributed by atoms with Crippen LogP contribution in [0.5, 0.6) is 34.5 Å². The van der Waals surface area contributed by atoms with Gasteiger partial charge in [0.15, 0.2) is 17.2 Å². The predicted octanol–water partition coefficient (Wildman–Crippen LogP) is 7.12. The van der Waals surface area contributed by atoms with Gasteiger partial charge in [0.25, 0.3) is 21.5 Å². The number of methoxy groups -OCH3 is 2. The van der Waals surface area contributed by atoms with Gasteiger partial charge in [-0.05, 0) is 120 Å². The number of nitrogens with zero attached hydrogens (tertiary/aromatic N) is 8. The Morgan fingerprint density at radius 1 is 0.645 bits per heavy atom. The Morgan fingerprint density at radius 2 is 1.29 bits per heavy atom. The number of imidazole rings is 1. The number of hydrogen-bond donors (Lipinski definition) is 5. The summed E-state index contributed by atoms with van der Waals surface area (Å²) in [6, 6.07) is 22.4. The summed E-state index contributed by atoms with van der Waals surface area (Å²) in [4.78, 5) is 78.8. The van der Waals surface area contributed by atoms with Gasteiger partial charge in [0.1, 0.15) is 23.1 Å². The van der Waals surface area contributed by atoms with E-state index in [1.54, 1.807) is 50.6 Å². The third-order valence-electron chi connectivity index (χ3n) is 17.9. The van der Waals surface area contributed by atoms with E-state index in [2.05, 4.69) is 40.6 Å². The lowest BCUT2D eigenvalue weighted by Gasteiger charge is -2.35. The van der Waals surface area contributed by atoms with Crippen molar-refractivity contribution < 1.29 is 70.2 Å². The number of ether oxygens (including phenoxy) is 10. The van der Waals surface area contributed by atoms with Crippen molar-refractivity contribution >= 4 is 61.2 Å². The summed E-state index contributed by atoms with van der Waals surface area (Å²) in [7, 11) is 3.75. The number of benzene rings is 4. The molecule has 0 radical (unpaired) electrons. The second-order valence-corrected chi connectivity index (χ2v) is 27.9. The molecule has 5 N–H and O–H groups in total. The summed E-state index contributed by atoms with van der Waals surface area (Å²) in [6.07, 6.45) is 5.99. The molecule has 4 aromatic heterocycles. The number of aromatic amines is 1. The SMILES string of the molecule is CCCOc1cc(OCCCCN(C)CC(=O)NCCOCCOCCOCCOCCOCCC(=O)NCCN2CCN(c3ccc(-c4cc(C(=O)NCc5c(C)cc(C)[nH]c5=O)c5cnn(C(C)C)c5c4)cn3)CC2)cc(Oc2cc3c(cc2NS(=O)(=O)c2ccc(OC)c(OC)c2)n(C)c(=O)n3C)c1. The van der Waals surface area contributed by atoms with Gasteiger partial charge in [-0.25, -0.2) is 18.2 Å². The molecule has 0 saturated carbocycles. The zero-order chi connectivity index (χ0) is 76.4. The molecule has 9 rings (SSSR count). The Balaban J connectivity index is 0.561. The second kappa shape index (κ2) is 40.4. The van der Waals surface area contributed by atoms with Crippen LogP contribution in [-0.2, 0) is 63.9 Å². The van der Waals surface area contributed by atoms with E-state index in [0.717, 1.165) is 84.7 Å². The fraction of sp³-hybridized carbons (Fsp3) is 0.487. The number of aromatic nitrogens is 6. The van der Waals surface area contributed by atoms with E-state index in [4.69, 9.17) is 52.4 Å². The number of carbonyl (C=O) groups excluding carboxylic acids is 3. The Kier molecular flexibility index (Phi) is 30.7. The molecule has 580 valence electrons. The van der Waals surface area contributed by atoms with Crippen molar-refractivity contribution in [1.82, 2.24) is 54.6 Å². The number of H-pyrrole nitrogens is 1. The lowest BCUT2D eigenvalue weighted by Crippen LogP contribution is -2.48. The van der Waals surface area contributed by atoms with Gasteiger partial charge in [0.2, 0.25) is 11.8 Å². The highest BCUT2D eigenvalue weighted by Gasteiger charge is 2.25. The molecule has 0 aliphatic carbocycles. The molecule has 1 saturated heterocycles. The molecule has 0 spiro atoms. The summed E-state index contributed by atoms with van der Waals surface area (Å²) in [5, 5.41) is 14.2. The van der Waals surface area contributed by atoms with Crippen LogP contribution in [0.2, 0.25) is 0 Å². The molecular formula is C76H103N13O17S. The summed E-state index contributed by atoms with van der Waals surface area (Å²) >= 11 is 0. The Bertz CT molecular complexity index is 4500. The van der Waals surface area contributed by atoms with Crippen LogP contribution in [0.4, 0.5) is 11.5 Å². The van der Waals surface area contributed by atoms with Crippen molar-refractivity contribution in [3.8, 4) is 45.6 Å². The molecule has 0 unspecified atom stereocenters. The summed E-state index contributed by atoms with van der Waals surface area (Å²) in [5.74, 6) is 2.35. The molecule has 1 fully saturated rings. The third kappa shape index (κ3) is 23.4. The van der Waals surface area contributed by atoms with E-state index in [-0.39, 0.29) is 76.6 Å². The maximum absolute atomic E-state index is 13.9. The van der Waals surface area contributed by atoms with Crippen LogP contribution in [0.25, 0.3) is 33.1 Å². The van der Waals surface area contributed by atoms with Crippen molar-refractivity contribution in [2.45, 2.75) is 77.8 Å². The van der Waals surface area contributed by atoms with Crippen molar-refractivity contribution in [3.05, 3.63) is 134 Å². The highest BCUT2D eigenvalue weighted by Crippen LogP contribution is 2.39. The van der Waals surface area contributed by atoms with Crippen molar-refractivity contribution in [3.63, 3.8) is 0 Å². The Hall–Kier alpha value is -9.60. The topological polar surface area (TPSA) is 326 Å². The monoisotopic (exact) mass is 1500 g/mol. The highest BCUT2D eigenvalue weighted by atomic mass is 32.2. The number of rotatable bonds is 45. The first-order chi connectivity index (χ1) is 51.6. The maximum atomic E-state index is 13.9. The molecular weight excluding hydrogens is 1400 g/mol. The standard InChI is InChI=1S/C76H103N13O17S/c1-11-27-104-57-42-58(44-59(43-57)106-69-47-67-66(85(7)76(94)86(67)8)46-64(69)83-107(95,96)60-15-16-68(97-9)70(45-60)98-10)105-28-13-12-21-84(6)51-73(91)78-20-30-100-32-34-102-36-38-103-37-35-101-33-31-99-29-18-72(90)77-19-22-87-23-25-88(26-24-87)71-17-14-55(48-79-71)56-40-61(63-50-81-89(52(2)3)65(63)41-56)74(92)80-49-62-53(4)39-54(5)82-75(62)93/h14-17,39-48,50,52,83H,11-13,18-38,49,51H2,1-10H3,(H,77,90)(H,78,91)(H,80,92)(H,82,93). The van der Waals surface area contributed by atoms with Gasteiger partial charge in [-0.1, -0.05) is 6.92 Å². The van der Waals surface area contributed by atoms with E-state index in [1.165, 1.54) is 41.6 Å². The van der Waals surface area contributed by atoms with Gasteiger partial charge >= 0.3 is 5.69 Å². The third-order valence-corrected chi connectivity index (χ3v) is 19.2. The van der Waals surface area contributed by atoms with E-state index < -0.39 is 10.0 Å². The first-order valence-corrected chi connectivity index (χ1v) is 37.7. The number of aryl methyl sites for hydroxylation is 4. The van der Waals surface area contributed by atoms with Crippen molar-refractivity contribution in [2.75, 3.05) is 169 Å². The van der Waals surface area contributed by atoms with Crippen LogP contribution >= 0.6 is 0 Å². The van der Waals surface area contributed by atoms with Gasteiger partial charge in [-0.2, -0.15) is 5.10 Å². The largest absolute Gasteiger partial charge is 0.493 e. The molecule has 31 heteroatoms. The first-order valence-electron chi connectivity index (χ1n) is 36.2. The number of hydrogen-bond acceptors (Lipinski definition) is 22. The van der Waals surface area contributed by atoms with Gasteiger partial charge < -0.3 is 73.2 Å². The lowest BCUT2D eigenvalue weighted by molar-refractivity contribution is -0.123. The number of piperazine rings is 1. The average Bonchev–Trinajstić information content (AvgIpc) is 1.67. The second-order valence-electron chi connectivity index (χ2n) is 26.3. The number of sulfonamides is 1. The van der Waals surface area contributed by atoms with Crippen molar-refractivity contribution in [2.24, 2.45) is 14.1 Å². The van der Waals surface area contributed by atoms with E-state index in [9.17, 15) is 32.4 Å². The van der Waals surface area contributed by atoms with E-state index >= 15 is 0 Å². The van der Waals surface area contributed by atoms with Gasteiger partial charge in [0, 0.05) is 138 Å². The number of anilines is 2. The van der Waals surface area contributed by atoms with Gasteiger partial charge in [-0.15, -0.1) is 0 Å². The van der Waals surface area contributed by atoms with Gasteiger partial charge in [0.05, 0.1) is 139 Å². The minimum absolute atomic E-state index is 0.0643. The summed E-state index contributed by atoms with van der Waals surface area (Å²) in [6.45, 7) is 20.1. The maximum Gasteiger partial charge on any atom is 0.328 e. The summed E-state index contributed by atoms with van der Waals surface area (Å²) < 4.78 is 92.5. The highest BCUT2D eigenvalue weighted by molar-refractivity contribution is 7.92. The first kappa shape index (κ1) is 81.5. The number of unbranched alkanes of at least 4 members (excludes halogenated alkanes) is 1. The van der Waals surface area contributed by atoms with Crippen LogP contribution in [-0.4, -0.2) is 224 Å². The number of pyridine rings is 2. The van der Waals surface area contributed by atoms with E-state index in [0.29, 0.717) is 150 Å². The fourth-order valence-electron chi connectivity index (χ4n) is 12.1. The number of fused-ring (bicyclic) bond motifs is 2. The zero-order valence-corrected chi connectivity index (χ0v) is 63.9. The Morgan fingerprint density at radius 3 is 1.93 bits per heavy atom. The summed E-state index contributed by atoms with van der Waals surface area (Å²) in [5.41, 5.74) is 5.64. The van der Waals surface area contributed by atoms with E-state index in [1.807, 2.05) is 87.8 Å². The molecule has 5 heterocycles. The minimum Gasteiger partial charge on any atom is -0.493 e. The Labute approximate surface area is 624 Å². The molecule has 0 bridgehead atoms. The van der Waals surface area contributed by atoms with Crippen LogP contribution in [0.1, 0.15) is 79.7 Å². The quantitative estimate of drug-likeness (QED) is 0.0237. The normalized spacial score (nSPS) is 12.7. The molecule has 1 aliphatic rings. The van der Waals surface area contributed by atoms with Crippen molar-refractivity contribution in [1.29, 1.82) is 0 Å². The van der Waals surface area contributed by atoms with Crippen LogP contribution in [0.3, 0.4) is 0 Å². The fourth-order valence-corrected chi connectivity index (χ4v) is 13.2. The number of likely N-dealkylation sites (N-methyl/N-ethyl adjacent to an activating group) is 1. The molecule has 4 aromatic carbocycles. The number of nitrogens with one attached hydrogen (secondary N) is 5. The van der Waals surface area contributed by atoms with Crippen LogP contribution in [0, 0.1) is 13.8 Å². The minimum atomic E-state index is -4.22. The number of amides is 3.